The number of nitrogens with zero attached hydrogens (tertiary/aromatic N) is 3. The van der Waals surface area contributed by atoms with Gasteiger partial charge in [-0.1, -0.05) is 41.1 Å². The summed E-state index contributed by atoms with van der Waals surface area (Å²) < 4.78 is 11.8. The Morgan fingerprint density at radius 2 is 2.06 bits per heavy atom. The molecule has 0 radical (unpaired) electrons. The Balaban J connectivity index is 1.53. The highest BCUT2D eigenvalue weighted by Crippen LogP contribution is 2.32. The smallest absolute Gasteiger partial charge is 0.233 e. The predicted octanol–water partition coefficient (Wildman–Crippen LogP) is 4.26. The Morgan fingerprint density at radius 3 is 2.84 bits per heavy atom. The largest absolute Gasteiger partial charge is 0.497 e. The second kappa shape index (κ2) is 10.4. The Morgan fingerprint density at radius 1 is 1.26 bits per heavy atom. The minimum absolute atomic E-state index is 0.00102. The molecule has 2 aromatic carbocycles. The maximum Gasteiger partial charge on any atom is 0.233 e. The van der Waals surface area contributed by atoms with Crippen molar-refractivity contribution in [3.8, 4) is 5.75 Å². The Labute approximate surface area is 191 Å². The average Bonchev–Trinajstić information content (AvgIpc) is 3.21. The summed E-state index contributed by atoms with van der Waals surface area (Å²) in [5.74, 6) is 0.782. The third-order valence-corrected chi connectivity index (χ3v) is 6.79. The van der Waals surface area contributed by atoms with E-state index >= 15 is 0 Å². The first kappa shape index (κ1) is 22.0. The number of fused-ring (bicyclic) bond motifs is 1. The number of rotatable bonds is 8. The zero-order valence-corrected chi connectivity index (χ0v) is 19.1. The third-order valence-electron chi connectivity index (χ3n) is 5.38. The molecule has 1 fully saturated rings. The lowest BCUT2D eigenvalue weighted by Gasteiger charge is -2.27. The quantitative estimate of drug-likeness (QED) is 0.504. The summed E-state index contributed by atoms with van der Waals surface area (Å²) >= 11 is 7.82. The molecular weight excluding hydrogens is 434 g/mol. The average molecular weight is 460 g/mol. The van der Waals surface area contributed by atoms with Crippen LogP contribution in [0.5, 0.6) is 5.75 Å². The molecule has 1 amide bonds. The van der Waals surface area contributed by atoms with Gasteiger partial charge in [-0.25, -0.2) is 4.98 Å². The molecule has 0 spiro atoms. The molecule has 31 heavy (non-hydrogen) atoms. The molecule has 2 heterocycles. The molecule has 0 saturated carbocycles. The lowest BCUT2D eigenvalue weighted by molar-refractivity contribution is -0.118. The Bertz CT molecular complexity index is 1040. The zero-order valence-electron chi connectivity index (χ0n) is 17.6. The van der Waals surface area contributed by atoms with Crippen molar-refractivity contribution in [3.63, 3.8) is 0 Å². The number of hydrogen-bond donors (Lipinski definition) is 0. The van der Waals surface area contributed by atoms with Gasteiger partial charge in [-0.15, -0.1) is 0 Å². The van der Waals surface area contributed by atoms with Gasteiger partial charge in [0.15, 0.2) is 5.13 Å². The molecule has 4 rings (SSSR count). The summed E-state index contributed by atoms with van der Waals surface area (Å²) in [5.41, 5.74) is 1.69. The summed E-state index contributed by atoms with van der Waals surface area (Å²) in [6.07, 6.45) is 1.12. The van der Waals surface area contributed by atoms with Crippen molar-refractivity contribution in [3.05, 3.63) is 53.1 Å². The van der Waals surface area contributed by atoms with Crippen molar-refractivity contribution in [2.75, 3.05) is 51.4 Å². The van der Waals surface area contributed by atoms with Crippen LogP contribution in [0.1, 0.15) is 12.0 Å². The van der Waals surface area contributed by atoms with Gasteiger partial charge < -0.3 is 9.47 Å². The standard InChI is InChI=1S/C23H26ClN3O3S/c1-29-18-7-8-20-21(16-18)31-23(25-20)27(10-4-9-26-11-13-30-14-12-26)22(28)15-17-5-2-3-6-19(17)24/h2-3,5-8,16H,4,9-15H2,1H3. The second-order valence-corrected chi connectivity index (χ2v) is 8.87. The number of morpholine rings is 1. The molecule has 1 aliphatic heterocycles. The number of amides is 1. The van der Waals surface area contributed by atoms with E-state index in [1.807, 2.05) is 42.5 Å². The summed E-state index contributed by atoms with van der Waals surface area (Å²) in [6, 6.07) is 13.3. The maximum absolute atomic E-state index is 13.3. The van der Waals surface area contributed by atoms with Crippen LogP contribution in [0.15, 0.2) is 42.5 Å². The van der Waals surface area contributed by atoms with E-state index in [9.17, 15) is 4.79 Å². The van der Waals surface area contributed by atoms with Crippen molar-refractivity contribution >= 4 is 44.2 Å². The normalized spacial score (nSPS) is 14.6. The second-order valence-electron chi connectivity index (χ2n) is 7.45. The number of carbonyl (C=O) groups is 1. The molecule has 1 saturated heterocycles. The van der Waals surface area contributed by atoms with Gasteiger partial charge in [0, 0.05) is 31.2 Å². The third kappa shape index (κ3) is 5.54. The fourth-order valence-electron chi connectivity index (χ4n) is 3.64. The van der Waals surface area contributed by atoms with Crippen LogP contribution in [0.3, 0.4) is 0 Å². The number of halogens is 1. The van der Waals surface area contributed by atoms with Crippen LogP contribution in [0.4, 0.5) is 5.13 Å². The van der Waals surface area contributed by atoms with E-state index in [-0.39, 0.29) is 12.3 Å². The molecular formula is C23H26ClN3O3S. The highest BCUT2D eigenvalue weighted by Gasteiger charge is 2.21. The minimum Gasteiger partial charge on any atom is -0.497 e. The van der Waals surface area contributed by atoms with E-state index in [0.717, 1.165) is 60.8 Å². The number of benzene rings is 2. The van der Waals surface area contributed by atoms with Crippen LogP contribution >= 0.6 is 22.9 Å². The fourth-order valence-corrected chi connectivity index (χ4v) is 4.88. The van der Waals surface area contributed by atoms with Crippen molar-refractivity contribution in [1.82, 2.24) is 9.88 Å². The number of hydrogen-bond acceptors (Lipinski definition) is 6. The number of aromatic nitrogens is 1. The summed E-state index contributed by atoms with van der Waals surface area (Å²) in [6.45, 7) is 4.96. The van der Waals surface area contributed by atoms with Crippen molar-refractivity contribution in [1.29, 1.82) is 0 Å². The topological polar surface area (TPSA) is 54.9 Å². The van der Waals surface area contributed by atoms with Gasteiger partial charge in [-0.3, -0.25) is 14.6 Å². The summed E-state index contributed by atoms with van der Waals surface area (Å²) in [7, 11) is 1.65. The lowest BCUT2D eigenvalue weighted by Crippen LogP contribution is -2.39. The van der Waals surface area contributed by atoms with Gasteiger partial charge in [0.05, 0.1) is 37.0 Å². The molecule has 0 unspecified atom stereocenters. The van der Waals surface area contributed by atoms with E-state index in [1.165, 1.54) is 11.3 Å². The highest BCUT2D eigenvalue weighted by atomic mass is 35.5. The first-order valence-corrected chi connectivity index (χ1v) is 11.6. The molecule has 8 heteroatoms. The number of anilines is 1. The molecule has 1 aliphatic rings. The van der Waals surface area contributed by atoms with E-state index in [4.69, 9.17) is 26.1 Å². The van der Waals surface area contributed by atoms with Gasteiger partial charge in [-0.05, 0) is 36.2 Å². The molecule has 164 valence electrons. The summed E-state index contributed by atoms with van der Waals surface area (Å²) in [4.78, 5) is 22.2. The van der Waals surface area contributed by atoms with Crippen LogP contribution in [0, 0.1) is 0 Å². The van der Waals surface area contributed by atoms with Gasteiger partial charge in [0.1, 0.15) is 5.75 Å². The molecule has 0 aliphatic carbocycles. The molecule has 1 aromatic heterocycles. The van der Waals surface area contributed by atoms with Crippen LogP contribution in [0.25, 0.3) is 10.2 Å². The van der Waals surface area contributed by atoms with Crippen molar-refractivity contribution in [2.45, 2.75) is 12.8 Å². The van der Waals surface area contributed by atoms with Crippen molar-refractivity contribution in [2.24, 2.45) is 0 Å². The predicted molar refractivity (Wildman–Crippen MR) is 126 cm³/mol. The molecule has 0 atom stereocenters. The zero-order chi connectivity index (χ0) is 21.6. The van der Waals surface area contributed by atoms with E-state index in [0.29, 0.717) is 16.7 Å². The van der Waals surface area contributed by atoms with E-state index in [1.54, 1.807) is 12.0 Å². The number of ether oxygens (including phenoxy) is 2. The van der Waals surface area contributed by atoms with E-state index in [2.05, 4.69) is 4.90 Å². The maximum atomic E-state index is 13.3. The first-order valence-electron chi connectivity index (χ1n) is 10.4. The van der Waals surface area contributed by atoms with Gasteiger partial charge in [-0.2, -0.15) is 0 Å². The van der Waals surface area contributed by atoms with Crippen LogP contribution in [-0.2, 0) is 16.0 Å². The monoisotopic (exact) mass is 459 g/mol. The highest BCUT2D eigenvalue weighted by molar-refractivity contribution is 7.22. The van der Waals surface area contributed by atoms with Gasteiger partial charge in [0.25, 0.3) is 0 Å². The molecule has 0 N–H and O–H groups in total. The first-order chi connectivity index (χ1) is 15.1. The Kier molecular flexibility index (Phi) is 7.40. The number of carbonyl (C=O) groups excluding carboxylic acids is 1. The molecule has 6 nitrogen and oxygen atoms in total. The number of thiazole rings is 1. The fraction of sp³-hybridized carbons (Fsp3) is 0.391. The molecule has 3 aromatic rings. The number of methoxy groups -OCH3 is 1. The van der Waals surface area contributed by atoms with Crippen LogP contribution in [-0.4, -0.2) is 62.3 Å². The van der Waals surface area contributed by atoms with E-state index < -0.39 is 0 Å². The SMILES string of the molecule is COc1ccc2nc(N(CCCN3CCOCC3)C(=O)Cc3ccccc3Cl)sc2c1. The lowest BCUT2D eigenvalue weighted by atomic mass is 10.1. The summed E-state index contributed by atoms with van der Waals surface area (Å²) in [5, 5.41) is 1.32. The van der Waals surface area contributed by atoms with Gasteiger partial charge >= 0.3 is 0 Å². The van der Waals surface area contributed by atoms with Crippen molar-refractivity contribution < 1.29 is 14.3 Å². The minimum atomic E-state index is 0.00102. The van der Waals surface area contributed by atoms with Gasteiger partial charge in [0.2, 0.25) is 5.91 Å². The van der Waals surface area contributed by atoms with Crippen LogP contribution < -0.4 is 9.64 Å². The Hall–Kier alpha value is -2.19. The molecule has 0 bridgehead atoms. The van der Waals surface area contributed by atoms with Crippen LogP contribution in [0.2, 0.25) is 5.02 Å².